The Morgan fingerprint density at radius 1 is 1.15 bits per heavy atom. The van der Waals surface area contributed by atoms with Crippen LogP contribution in [0.15, 0.2) is 48.5 Å². The maximum atomic E-state index is 12.5. The van der Waals surface area contributed by atoms with Gasteiger partial charge in [0.15, 0.2) is 12.4 Å². The molecule has 2 heterocycles. The number of benzene rings is 2. The van der Waals surface area contributed by atoms with Gasteiger partial charge in [-0.05, 0) is 30.3 Å². The van der Waals surface area contributed by atoms with Gasteiger partial charge in [0.05, 0.1) is 12.0 Å². The van der Waals surface area contributed by atoms with Gasteiger partial charge in [0, 0.05) is 31.0 Å². The number of carbonyl (C=O) groups excluding carboxylic acids is 2. The molecule has 2 aromatic rings. The molecule has 0 aromatic heterocycles. The van der Waals surface area contributed by atoms with Gasteiger partial charge in [0.1, 0.15) is 17.1 Å². The lowest BCUT2D eigenvalue weighted by Gasteiger charge is -2.43. The van der Waals surface area contributed by atoms with E-state index in [2.05, 4.69) is 0 Å². The number of ketones is 1. The Balaban J connectivity index is 1.36. The van der Waals surface area contributed by atoms with Crippen LogP contribution < -0.4 is 9.47 Å². The van der Waals surface area contributed by atoms with Crippen LogP contribution in [0.2, 0.25) is 5.02 Å². The molecule has 0 aliphatic carbocycles. The topological polar surface area (TPSA) is 55.8 Å². The van der Waals surface area contributed by atoms with E-state index in [1.807, 2.05) is 30.3 Å². The second-order valence-corrected chi connectivity index (χ2v) is 7.44. The van der Waals surface area contributed by atoms with Crippen molar-refractivity contribution in [1.82, 2.24) is 4.90 Å². The van der Waals surface area contributed by atoms with Gasteiger partial charge in [-0.3, -0.25) is 9.59 Å². The van der Waals surface area contributed by atoms with Crippen molar-refractivity contribution >= 4 is 23.3 Å². The number of ether oxygens (including phenoxy) is 2. The third-order valence-corrected chi connectivity index (χ3v) is 5.42. The van der Waals surface area contributed by atoms with E-state index < -0.39 is 5.60 Å². The summed E-state index contributed by atoms with van der Waals surface area (Å²) in [7, 11) is 0. The molecule has 1 spiro atoms. The predicted molar refractivity (Wildman–Crippen MR) is 102 cm³/mol. The molecule has 0 N–H and O–H groups in total. The van der Waals surface area contributed by atoms with Crippen LogP contribution in [0.4, 0.5) is 0 Å². The lowest BCUT2D eigenvalue weighted by Crippen LogP contribution is -2.53. The zero-order valence-electron chi connectivity index (χ0n) is 14.8. The number of fused-ring (bicyclic) bond motifs is 1. The van der Waals surface area contributed by atoms with E-state index in [1.165, 1.54) is 0 Å². The fourth-order valence-corrected chi connectivity index (χ4v) is 3.83. The van der Waals surface area contributed by atoms with E-state index in [-0.39, 0.29) is 18.3 Å². The fourth-order valence-electron chi connectivity index (χ4n) is 3.66. The third-order valence-electron chi connectivity index (χ3n) is 5.18. The molecule has 1 amide bonds. The largest absolute Gasteiger partial charge is 0.486 e. The summed E-state index contributed by atoms with van der Waals surface area (Å²) in [6, 6.07) is 14.4. The summed E-state index contributed by atoms with van der Waals surface area (Å²) >= 11 is 5.98. The Morgan fingerprint density at radius 3 is 2.63 bits per heavy atom. The van der Waals surface area contributed by atoms with Gasteiger partial charge in [-0.2, -0.15) is 0 Å². The van der Waals surface area contributed by atoms with Crippen LogP contribution in [0.5, 0.6) is 11.5 Å². The smallest absolute Gasteiger partial charge is 0.260 e. The summed E-state index contributed by atoms with van der Waals surface area (Å²) in [5, 5.41) is 0.528. The average Bonchev–Trinajstić information content (AvgIpc) is 2.68. The number of amides is 1. The SMILES string of the molecule is O=C1CC2(CCN(C(=O)COc3ccccc3)CC2)Oc2ccc(Cl)cc21. The van der Waals surface area contributed by atoms with Gasteiger partial charge < -0.3 is 14.4 Å². The minimum Gasteiger partial charge on any atom is -0.486 e. The van der Waals surface area contributed by atoms with Crippen LogP contribution in [0.25, 0.3) is 0 Å². The second-order valence-electron chi connectivity index (χ2n) is 7.01. The first kappa shape index (κ1) is 17.9. The zero-order valence-corrected chi connectivity index (χ0v) is 15.6. The monoisotopic (exact) mass is 385 g/mol. The van der Waals surface area contributed by atoms with Crippen LogP contribution in [0.1, 0.15) is 29.6 Å². The molecule has 1 saturated heterocycles. The van der Waals surface area contributed by atoms with E-state index in [9.17, 15) is 9.59 Å². The normalized spacial score (nSPS) is 18.0. The number of hydrogen-bond donors (Lipinski definition) is 0. The molecule has 1 fully saturated rings. The standard InChI is InChI=1S/C21H20ClNO4/c22-15-6-7-19-17(12-15)18(24)13-21(27-19)8-10-23(11-9-21)20(25)14-26-16-4-2-1-3-5-16/h1-7,12H,8-11,13-14H2. The predicted octanol–water partition coefficient (Wildman–Crippen LogP) is 3.75. The molecule has 5 nitrogen and oxygen atoms in total. The van der Waals surface area contributed by atoms with Gasteiger partial charge in [-0.15, -0.1) is 0 Å². The molecular formula is C21H20ClNO4. The lowest BCUT2D eigenvalue weighted by molar-refractivity contribution is -0.136. The Hall–Kier alpha value is -2.53. The maximum Gasteiger partial charge on any atom is 0.260 e. The molecule has 0 atom stereocenters. The third kappa shape index (κ3) is 3.78. The van der Waals surface area contributed by atoms with Crippen LogP contribution in [0, 0.1) is 0 Å². The summed E-state index contributed by atoms with van der Waals surface area (Å²) in [4.78, 5) is 26.7. The molecule has 140 valence electrons. The van der Waals surface area contributed by atoms with E-state index in [0.29, 0.717) is 54.4 Å². The quantitative estimate of drug-likeness (QED) is 0.807. The number of likely N-dealkylation sites (tertiary alicyclic amines) is 1. The summed E-state index contributed by atoms with van der Waals surface area (Å²) in [5.74, 6) is 1.26. The van der Waals surface area contributed by atoms with Crippen molar-refractivity contribution in [3.63, 3.8) is 0 Å². The van der Waals surface area contributed by atoms with Crippen LogP contribution in [-0.4, -0.2) is 41.9 Å². The lowest BCUT2D eigenvalue weighted by atomic mass is 9.82. The maximum absolute atomic E-state index is 12.5. The molecule has 0 bridgehead atoms. The molecule has 6 heteroatoms. The van der Waals surface area contributed by atoms with Crippen LogP contribution in [0.3, 0.4) is 0 Å². The molecule has 2 aliphatic rings. The van der Waals surface area contributed by atoms with Crippen LogP contribution in [-0.2, 0) is 4.79 Å². The number of para-hydroxylation sites is 1. The van der Waals surface area contributed by atoms with Crippen molar-refractivity contribution in [3.8, 4) is 11.5 Å². The van der Waals surface area contributed by atoms with Crippen molar-refractivity contribution in [2.75, 3.05) is 19.7 Å². The van der Waals surface area contributed by atoms with Gasteiger partial charge in [0.25, 0.3) is 5.91 Å². The van der Waals surface area contributed by atoms with E-state index in [4.69, 9.17) is 21.1 Å². The highest BCUT2D eigenvalue weighted by molar-refractivity contribution is 6.31. The summed E-state index contributed by atoms with van der Waals surface area (Å²) in [6.45, 7) is 1.11. The van der Waals surface area contributed by atoms with Gasteiger partial charge in [-0.1, -0.05) is 29.8 Å². The molecule has 2 aromatic carbocycles. The summed E-state index contributed by atoms with van der Waals surface area (Å²) in [5.41, 5.74) is 0.0116. The second kappa shape index (κ2) is 7.24. The Kier molecular flexibility index (Phi) is 4.79. The number of hydrogen-bond acceptors (Lipinski definition) is 4. The molecule has 0 saturated carbocycles. The highest BCUT2D eigenvalue weighted by Crippen LogP contribution is 2.40. The number of carbonyl (C=O) groups is 2. The molecule has 0 unspecified atom stereocenters. The van der Waals surface area contributed by atoms with Crippen molar-refractivity contribution in [3.05, 3.63) is 59.1 Å². The average molecular weight is 386 g/mol. The number of Topliss-reactive ketones (excluding diaryl/α,β-unsaturated/α-hetero) is 1. The summed E-state index contributed by atoms with van der Waals surface area (Å²) in [6.07, 6.45) is 1.57. The van der Waals surface area contributed by atoms with Gasteiger partial charge in [0.2, 0.25) is 0 Å². The minimum absolute atomic E-state index is 0.0120. The molecule has 27 heavy (non-hydrogen) atoms. The van der Waals surface area contributed by atoms with E-state index in [0.717, 1.165) is 0 Å². The molecule has 0 radical (unpaired) electrons. The number of nitrogens with zero attached hydrogens (tertiary/aromatic N) is 1. The molecule has 2 aliphatic heterocycles. The zero-order chi connectivity index (χ0) is 18.9. The van der Waals surface area contributed by atoms with E-state index in [1.54, 1.807) is 23.1 Å². The Labute approximate surface area is 162 Å². The highest BCUT2D eigenvalue weighted by atomic mass is 35.5. The first-order valence-electron chi connectivity index (χ1n) is 9.02. The first-order valence-corrected chi connectivity index (χ1v) is 9.40. The van der Waals surface area contributed by atoms with Crippen molar-refractivity contribution in [2.45, 2.75) is 24.9 Å². The van der Waals surface area contributed by atoms with Crippen molar-refractivity contribution < 1.29 is 19.1 Å². The van der Waals surface area contributed by atoms with Gasteiger partial charge in [-0.25, -0.2) is 0 Å². The molecule has 4 rings (SSSR count). The summed E-state index contributed by atoms with van der Waals surface area (Å²) < 4.78 is 11.7. The van der Waals surface area contributed by atoms with Crippen LogP contribution >= 0.6 is 11.6 Å². The fraction of sp³-hybridized carbons (Fsp3) is 0.333. The van der Waals surface area contributed by atoms with Crippen molar-refractivity contribution in [2.24, 2.45) is 0 Å². The number of halogens is 1. The molecular weight excluding hydrogens is 366 g/mol. The highest BCUT2D eigenvalue weighted by Gasteiger charge is 2.43. The Bertz CT molecular complexity index is 860. The van der Waals surface area contributed by atoms with Gasteiger partial charge >= 0.3 is 0 Å². The number of rotatable bonds is 3. The van der Waals surface area contributed by atoms with E-state index >= 15 is 0 Å². The first-order chi connectivity index (χ1) is 13.0. The Morgan fingerprint density at radius 2 is 1.89 bits per heavy atom. The minimum atomic E-state index is -0.533. The number of piperidine rings is 1. The van der Waals surface area contributed by atoms with Crippen molar-refractivity contribution in [1.29, 1.82) is 0 Å².